The lowest BCUT2D eigenvalue weighted by atomic mass is 9.92. The van der Waals surface area contributed by atoms with Gasteiger partial charge in [-0.05, 0) is 40.8 Å². The van der Waals surface area contributed by atoms with Crippen LogP contribution >= 0.6 is 0 Å². The Morgan fingerprint density at radius 2 is 1.53 bits per heavy atom. The van der Waals surface area contributed by atoms with Crippen LogP contribution in [0.1, 0.15) is 35.2 Å². The zero-order valence-corrected chi connectivity index (χ0v) is 17.2. The molecule has 1 N–H and O–H groups in total. The number of amides is 1. The Kier molecular flexibility index (Phi) is 5.57. The fourth-order valence-electron chi connectivity index (χ4n) is 3.94. The highest BCUT2D eigenvalue weighted by Crippen LogP contribution is 2.43. The number of benzene rings is 3. The Bertz CT molecular complexity index is 1050. The van der Waals surface area contributed by atoms with Gasteiger partial charge >= 0.3 is 0 Å². The van der Waals surface area contributed by atoms with Crippen LogP contribution < -0.4 is 4.74 Å². The maximum Gasteiger partial charge on any atom is 0.290 e. The molecule has 0 bridgehead atoms. The molecule has 0 unspecified atom stereocenters. The number of aliphatic hydroxyl groups excluding tert-OH is 1. The molecule has 1 heterocycles. The fourth-order valence-corrected chi connectivity index (χ4v) is 3.94. The summed E-state index contributed by atoms with van der Waals surface area (Å²) in [5.41, 5.74) is 4.70. The first-order valence-corrected chi connectivity index (χ1v) is 10.1. The second kappa shape index (κ2) is 8.46. The molecule has 1 aliphatic rings. The summed E-state index contributed by atoms with van der Waals surface area (Å²) in [5.74, 6) is 0.234. The maximum absolute atomic E-state index is 13.1. The number of aryl methyl sites for hydroxylation is 1. The van der Waals surface area contributed by atoms with E-state index in [0.717, 1.165) is 28.9 Å². The van der Waals surface area contributed by atoms with Gasteiger partial charge in [-0.15, -0.1) is 0 Å². The van der Waals surface area contributed by atoms with Gasteiger partial charge in [-0.1, -0.05) is 73.7 Å². The highest BCUT2D eigenvalue weighted by atomic mass is 16.5. The summed E-state index contributed by atoms with van der Waals surface area (Å²) in [6, 6.07) is 25.2. The molecule has 4 nitrogen and oxygen atoms in total. The average molecular weight is 399 g/mol. The SMILES string of the molecule is CCc1ccc([C@H]2C(c3ccccc3)=C(O)C(=O)N2Cc2ccc(OC)cc2)cc1. The van der Waals surface area contributed by atoms with Crippen LogP contribution in [-0.2, 0) is 17.8 Å². The first kappa shape index (κ1) is 19.8. The van der Waals surface area contributed by atoms with E-state index in [1.165, 1.54) is 5.56 Å². The van der Waals surface area contributed by atoms with Crippen molar-refractivity contribution in [3.8, 4) is 5.75 Å². The molecule has 152 valence electrons. The van der Waals surface area contributed by atoms with Gasteiger partial charge in [0.25, 0.3) is 5.91 Å². The van der Waals surface area contributed by atoms with Crippen molar-refractivity contribution >= 4 is 11.5 Å². The molecular weight excluding hydrogens is 374 g/mol. The Balaban J connectivity index is 1.76. The highest BCUT2D eigenvalue weighted by Gasteiger charge is 2.40. The number of methoxy groups -OCH3 is 1. The Hall–Kier alpha value is -3.53. The van der Waals surface area contributed by atoms with E-state index in [1.54, 1.807) is 12.0 Å². The van der Waals surface area contributed by atoms with Crippen molar-refractivity contribution in [3.63, 3.8) is 0 Å². The van der Waals surface area contributed by atoms with Crippen molar-refractivity contribution in [2.24, 2.45) is 0 Å². The van der Waals surface area contributed by atoms with Crippen LogP contribution in [0.5, 0.6) is 5.75 Å². The molecule has 1 amide bonds. The summed E-state index contributed by atoms with van der Waals surface area (Å²) in [7, 11) is 1.63. The van der Waals surface area contributed by atoms with Gasteiger partial charge in [-0.3, -0.25) is 4.79 Å². The summed E-state index contributed by atoms with van der Waals surface area (Å²) in [4.78, 5) is 14.9. The minimum atomic E-state index is -0.354. The Labute approximate surface area is 177 Å². The second-order valence-electron chi connectivity index (χ2n) is 7.41. The van der Waals surface area contributed by atoms with Gasteiger partial charge in [-0.2, -0.15) is 0 Å². The molecule has 30 heavy (non-hydrogen) atoms. The standard InChI is InChI=1S/C26H25NO3/c1-3-18-9-13-21(14-10-18)24-23(20-7-5-4-6-8-20)25(28)26(29)27(24)17-19-11-15-22(30-2)16-12-19/h4-16,24,28H,3,17H2,1-2H3/t24-/m0/s1. The number of ether oxygens (including phenoxy) is 1. The molecule has 0 radical (unpaired) electrons. The van der Waals surface area contributed by atoms with Crippen LogP contribution in [0.2, 0.25) is 0 Å². The van der Waals surface area contributed by atoms with E-state index >= 15 is 0 Å². The third kappa shape index (κ3) is 3.69. The quantitative estimate of drug-likeness (QED) is 0.611. The summed E-state index contributed by atoms with van der Waals surface area (Å²) < 4.78 is 5.24. The molecule has 3 aromatic carbocycles. The molecule has 3 aromatic rings. The van der Waals surface area contributed by atoms with E-state index < -0.39 is 0 Å². The van der Waals surface area contributed by atoms with Crippen LogP contribution in [0, 0.1) is 0 Å². The Morgan fingerprint density at radius 3 is 2.13 bits per heavy atom. The largest absolute Gasteiger partial charge is 0.503 e. The third-order valence-electron chi connectivity index (χ3n) is 5.60. The molecule has 0 aromatic heterocycles. The molecule has 0 aliphatic carbocycles. The lowest BCUT2D eigenvalue weighted by Gasteiger charge is -2.27. The smallest absolute Gasteiger partial charge is 0.290 e. The topological polar surface area (TPSA) is 49.8 Å². The van der Waals surface area contributed by atoms with Crippen LogP contribution in [0.15, 0.2) is 84.6 Å². The van der Waals surface area contributed by atoms with E-state index in [2.05, 4.69) is 31.2 Å². The summed E-state index contributed by atoms with van der Waals surface area (Å²) >= 11 is 0. The monoisotopic (exact) mass is 399 g/mol. The minimum absolute atomic E-state index is 0.181. The van der Waals surface area contributed by atoms with Gasteiger partial charge in [0.05, 0.1) is 13.2 Å². The summed E-state index contributed by atoms with van der Waals surface area (Å²) in [6.45, 7) is 2.51. The van der Waals surface area contributed by atoms with Crippen molar-refractivity contribution in [2.75, 3.05) is 7.11 Å². The van der Waals surface area contributed by atoms with Crippen LogP contribution in [-0.4, -0.2) is 23.0 Å². The van der Waals surface area contributed by atoms with Crippen molar-refractivity contribution < 1.29 is 14.6 Å². The number of hydrogen-bond acceptors (Lipinski definition) is 3. The van der Waals surface area contributed by atoms with E-state index in [4.69, 9.17) is 4.74 Å². The predicted octanol–water partition coefficient (Wildman–Crippen LogP) is 5.31. The molecular formula is C26H25NO3. The fraction of sp³-hybridized carbons (Fsp3) is 0.192. The van der Waals surface area contributed by atoms with E-state index in [1.807, 2.05) is 54.6 Å². The molecule has 1 atom stereocenters. The third-order valence-corrected chi connectivity index (χ3v) is 5.60. The van der Waals surface area contributed by atoms with Crippen molar-refractivity contribution in [1.82, 2.24) is 4.90 Å². The molecule has 0 spiro atoms. The maximum atomic E-state index is 13.1. The molecule has 4 heteroatoms. The van der Waals surface area contributed by atoms with Gasteiger partial charge in [0, 0.05) is 12.1 Å². The lowest BCUT2D eigenvalue weighted by molar-refractivity contribution is -0.130. The number of hydrogen-bond donors (Lipinski definition) is 1. The number of carbonyl (C=O) groups is 1. The lowest BCUT2D eigenvalue weighted by Crippen LogP contribution is -2.29. The van der Waals surface area contributed by atoms with Crippen molar-refractivity contribution in [2.45, 2.75) is 25.9 Å². The normalized spacial score (nSPS) is 16.3. The van der Waals surface area contributed by atoms with Gasteiger partial charge in [-0.25, -0.2) is 0 Å². The number of aliphatic hydroxyl groups is 1. The Morgan fingerprint density at radius 1 is 0.900 bits per heavy atom. The van der Waals surface area contributed by atoms with Crippen LogP contribution in [0.4, 0.5) is 0 Å². The molecule has 0 saturated carbocycles. The van der Waals surface area contributed by atoms with Gasteiger partial charge in [0.2, 0.25) is 0 Å². The van der Waals surface area contributed by atoms with Crippen LogP contribution in [0.3, 0.4) is 0 Å². The van der Waals surface area contributed by atoms with Crippen molar-refractivity contribution in [1.29, 1.82) is 0 Å². The van der Waals surface area contributed by atoms with Crippen molar-refractivity contribution in [3.05, 3.63) is 107 Å². The zero-order valence-electron chi connectivity index (χ0n) is 17.2. The number of nitrogens with zero attached hydrogens (tertiary/aromatic N) is 1. The first-order valence-electron chi connectivity index (χ1n) is 10.1. The second-order valence-corrected chi connectivity index (χ2v) is 7.41. The van der Waals surface area contributed by atoms with E-state index in [9.17, 15) is 9.90 Å². The minimum Gasteiger partial charge on any atom is -0.503 e. The van der Waals surface area contributed by atoms with Gasteiger partial charge < -0.3 is 14.7 Å². The predicted molar refractivity (Wildman–Crippen MR) is 118 cm³/mol. The first-order chi connectivity index (χ1) is 14.6. The molecule has 1 aliphatic heterocycles. The molecule has 0 saturated heterocycles. The van der Waals surface area contributed by atoms with E-state index in [-0.39, 0.29) is 17.7 Å². The number of rotatable bonds is 6. The zero-order chi connectivity index (χ0) is 21.1. The number of carbonyl (C=O) groups excluding carboxylic acids is 1. The van der Waals surface area contributed by atoms with Gasteiger partial charge in [0.15, 0.2) is 5.76 Å². The highest BCUT2D eigenvalue weighted by molar-refractivity contribution is 6.05. The summed E-state index contributed by atoms with van der Waals surface area (Å²) in [6.07, 6.45) is 0.950. The molecule has 4 rings (SSSR count). The summed E-state index contributed by atoms with van der Waals surface area (Å²) in [5, 5.41) is 10.8. The van der Waals surface area contributed by atoms with Gasteiger partial charge in [0.1, 0.15) is 5.75 Å². The molecule has 0 fully saturated rings. The van der Waals surface area contributed by atoms with Crippen LogP contribution in [0.25, 0.3) is 5.57 Å². The van der Waals surface area contributed by atoms with E-state index in [0.29, 0.717) is 12.1 Å². The average Bonchev–Trinajstić information content (AvgIpc) is 3.05.